The number of pyridine rings is 1. The van der Waals surface area contributed by atoms with Gasteiger partial charge in [-0.25, -0.2) is 4.98 Å². The standard InChI is InChI=1S/C31H22ClN7O/c1-17-4-9-21(10-5-17)39-31(40-22-11-7-20(32)8-12-22)27(19(3)37-39)28-23(15-33)29(35)38-26-13-6-18(2)14-25(26)36-30(38)24(28)16-34/h4-14H,35H2,1-3H3. The van der Waals surface area contributed by atoms with Crippen molar-refractivity contribution in [1.29, 1.82) is 10.5 Å². The van der Waals surface area contributed by atoms with E-state index < -0.39 is 0 Å². The van der Waals surface area contributed by atoms with Crippen LogP contribution in [-0.2, 0) is 0 Å². The number of nitriles is 2. The SMILES string of the molecule is Cc1ccc(-n2nc(C)c(-c3c(C#N)c(N)n4c(nc5cc(C)ccc54)c3C#N)c2Oc2ccc(Cl)cc2)cc1. The fourth-order valence-corrected chi connectivity index (χ4v) is 5.04. The highest BCUT2D eigenvalue weighted by Gasteiger charge is 2.30. The van der Waals surface area contributed by atoms with E-state index in [4.69, 9.17) is 32.2 Å². The van der Waals surface area contributed by atoms with E-state index in [0.717, 1.165) is 16.8 Å². The molecule has 6 aromatic rings. The van der Waals surface area contributed by atoms with Gasteiger partial charge in [0.2, 0.25) is 5.88 Å². The van der Waals surface area contributed by atoms with E-state index in [1.807, 2.05) is 63.2 Å². The molecule has 3 aromatic heterocycles. The number of rotatable bonds is 4. The Morgan fingerprint density at radius 3 is 2.20 bits per heavy atom. The predicted octanol–water partition coefficient (Wildman–Crippen LogP) is 7.04. The van der Waals surface area contributed by atoms with Gasteiger partial charge in [-0.15, -0.1) is 0 Å². The van der Waals surface area contributed by atoms with Crippen LogP contribution in [-0.4, -0.2) is 19.2 Å². The van der Waals surface area contributed by atoms with E-state index in [1.165, 1.54) is 0 Å². The second-order valence-corrected chi connectivity index (χ2v) is 10.0. The van der Waals surface area contributed by atoms with Gasteiger partial charge in [0.25, 0.3) is 0 Å². The molecule has 0 saturated carbocycles. The average molecular weight is 544 g/mol. The van der Waals surface area contributed by atoms with Crippen LogP contribution in [0, 0.1) is 43.4 Å². The van der Waals surface area contributed by atoms with Crippen LogP contribution in [0.15, 0.2) is 66.7 Å². The van der Waals surface area contributed by atoms with E-state index in [2.05, 4.69) is 12.1 Å². The fraction of sp³-hybridized carbons (Fsp3) is 0.0968. The summed E-state index contributed by atoms with van der Waals surface area (Å²) < 4.78 is 9.76. The molecule has 3 heterocycles. The summed E-state index contributed by atoms with van der Waals surface area (Å²) in [6.07, 6.45) is 0. The molecular weight excluding hydrogens is 522 g/mol. The highest BCUT2D eigenvalue weighted by atomic mass is 35.5. The fourth-order valence-electron chi connectivity index (χ4n) is 4.91. The molecule has 0 spiro atoms. The van der Waals surface area contributed by atoms with Crippen molar-refractivity contribution in [3.63, 3.8) is 0 Å². The number of aryl methyl sites for hydroxylation is 3. The van der Waals surface area contributed by atoms with Gasteiger partial charge in [0, 0.05) is 10.6 Å². The first-order valence-corrected chi connectivity index (χ1v) is 12.8. The summed E-state index contributed by atoms with van der Waals surface area (Å²) in [5.41, 5.74) is 12.9. The molecule has 0 aliphatic rings. The van der Waals surface area contributed by atoms with Gasteiger partial charge in [-0.1, -0.05) is 35.4 Å². The molecule has 0 atom stereocenters. The Morgan fingerprint density at radius 1 is 0.850 bits per heavy atom. The molecular formula is C31H22ClN7O. The van der Waals surface area contributed by atoms with Gasteiger partial charge >= 0.3 is 0 Å². The summed E-state index contributed by atoms with van der Waals surface area (Å²) in [6, 6.07) is 25.0. The molecule has 0 saturated heterocycles. The van der Waals surface area contributed by atoms with Crippen molar-refractivity contribution in [2.75, 3.05) is 5.73 Å². The molecule has 3 aromatic carbocycles. The number of nitrogens with zero attached hydrogens (tertiary/aromatic N) is 6. The van der Waals surface area contributed by atoms with E-state index in [-0.39, 0.29) is 16.9 Å². The van der Waals surface area contributed by atoms with Crippen LogP contribution < -0.4 is 10.5 Å². The molecule has 8 nitrogen and oxygen atoms in total. The first kappa shape index (κ1) is 25.0. The molecule has 0 fully saturated rings. The van der Waals surface area contributed by atoms with Gasteiger partial charge in [-0.2, -0.15) is 20.3 Å². The number of anilines is 1. The quantitative estimate of drug-likeness (QED) is 0.255. The Morgan fingerprint density at radius 2 is 1.52 bits per heavy atom. The molecule has 6 rings (SSSR count). The van der Waals surface area contributed by atoms with Gasteiger partial charge in [0.15, 0.2) is 5.65 Å². The highest BCUT2D eigenvalue weighted by molar-refractivity contribution is 6.30. The van der Waals surface area contributed by atoms with E-state index in [9.17, 15) is 10.5 Å². The van der Waals surface area contributed by atoms with Gasteiger partial charge < -0.3 is 10.5 Å². The summed E-state index contributed by atoms with van der Waals surface area (Å²) in [5.74, 6) is 1.01. The minimum Gasteiger partial charge on any atom is -0.438 e. The maximum Gasteiger partial charge on any atom is 0.230 e. The lowest BCUT2D eigenvalue weighted by atomic mass is 9.96. The van der Waals surface area contributed by atoms with Gasteiger partial charge in [0.05, 0.1) is 28.0 Å². The van der Waals surface area contributed by atoms with Crippen molar-refractivity contribution >= 4 is 34.1 Å². The first-order chi connectivity index (χ1) is 19.3. The van der Waals surface area contributed by atoms with Crippen LogP contribution in [0.5, 0.6) is 11.6 Å². The van der Waals surface area contributed by atoms with Gasteiger partial charge in [-0.3, -0.25) is 4.40 Å². The highest BCUT2D eigenvalue weighted by Crippen LogP contribution is 2.44. The summed E-state index contributed by atoms with van der Waals surface area (Å²) in [7, 11) is 0. The van der Waals surface area contributed by atoms with E-state index in [1.54, 1.807) is 33.3 Å². The van der Waals surface area contributed by atoms with Crippen molar-refractivity contribution in [3.8, 4) is 40.6 Å². The van der Waals surface area contributed by atoms with Gasteiger partial charge in [0.1, 0.15) is 34.8 Å². The minimum absolute atomic E-state index is 0.136. The normalized spacial score (nSPS) is 11.1. The van der Waals surface area contributed by atoms with Crippen molar-refractivity contribution in [1.82, 2.24) is 19.2 Å². The third kappa shape index (κ3) is 3.90. The summed E-state index contributed by atoms with van der Waals surface area (Å²) in [4.78, 5) is 4.77. The second-order valence-electron chi connectivity index (χ2n) is 9.57. The number of ether oxygens (including phenoxy) is 1. The number of aromatic nitrogens is 4. The van der Waals surface area contributed by atoms with Crippen LogP contribution in [0.1, 0.15) is 27.9 Å². The molecule has 194 valence electrons. The molecule has 0 amide bonds. The second kappa shape index (κ2) is 9.46. The molecule has 0 bridgehead atoms. The topological polar surface area (TPSA) is 118 Å². The average Bonchev–Trinajstić information content (AvgIpc) is 3.47. The number of nitrogen functional groups attached to an aromatic ring is 1. The molecule has 0 radical (unpaired) electrons. The zero-order valence-corrected chi connectivity index (χ0v) is 22.7. The summed E-state index contributed by atoms with van der Waals surface area (Å²) in [5, 5.41) is 26.2. The zero-order valence-electron chi connectivity index (χ0n) is 21.9. The molecule has 2 N–H and O–H groups in total. The van der Waals surface area contributed by atoms with Crippen LogP contribution in [0.4, 0.5) is 5.82 Å². The maximum absolute atomic E-state index is 10.5. The van der Waals surface area contributed by atoms with E-state index in [0.29, 0.717) is 50.2 Å². The smallest absolute Gasteiger partial charge is 0.230 e. The Hall–Kier alpha value is -5.31. The number of nitrogens with two attached hydrogens (primary N) is 1. The monoisotopic (exact) mass is 543 g/mol. The van der Waals surface area contributed by atoms with Crippen molar-refractivity contribution in [2.45, 2.75) is 20.8 Å². The van der Waals surface area contributed by atoms with Crippen molar-refractivity contribution in [3.05, 3.63) is 99.7 Å². The predicted molar refractivity (Wildman–Crippen MR) is 155 cm³/mol. The van der Waals surface area contributed by atoms with Crippen LogP contribution in [0.2, 0.25) is 5.02 Å². The Bertz CT molecular complexity index is 2040. The molecule has 0 aliphatic heterocycles. The molecule has 0 aliphatic carbocycles. The Labute approximate surface area is 235 Å². The maximum atomic E-state index is 10.5. The lowest BCUT2D eigenvalue weighted by Gasteiger charge is -2.15. The number of hydrogen-bond acceptors (Lipinski definition) is 6. The van der Waals surface area contributed by atoms with Crippen LogP contribution in [0.3, 0.4) is 0 Å². The third-order valence-electron chi connectivity index (χ3n) is 6.83. The lowest BCUT2D eigenvalue weighted by Crippen LogP contribution is -2.06. The molecule has 40 heavy (non-hydrogen) atoms. The van der Waals surface area contributed by atoms with Crippen molar-refractivity contribution < 1.29 is 4.74 Å². The van der Waals surface area contributed by atoms with Crippen molar-refractivity contribution in [2.24, 2.45) is 0 Å². The largest absolute Gasteiger partial charge is 0.438 e. The molecule has 0 unspecified atom stereocenters. The summed E-state index contributed by atoms with van der Waals surface area (Å²) >= 11 is 6.11. The Balaban J connectivity index is 1.72. The first-order valence-electron chi connectivity index (χ1n) is 12.5. The summed E-state index contributed by atoms with van der Waals surface area (Å²) in [6.45, 7) is 5.78. The third-order valence-corrected chi connectivity index (χ3v) is 7.08. The Kier molecular flexibility index (Phi) is 5.91. The van der Waals surface area contributed by atoms with Crippen LogP contribution in [0.25, 0.3) is 33.5 Å². The van der Waals surface area contributed by atoms with Crippen LogP contribution >= 0.6 is 11.6 Å². The number of hydrogen-bond donors (Lipinski definition) is 1. The number of benzene rings is 3. The number of imidazole rings is 1. The number of halogens is 1. The van der Waals surface area contributed by atoms with Gasteiger partial charge in [-0.05, 0) is 74.9 Å². The molecule has 9 heteroatoms. The lowest BCUT2D eigenvalue weighted by molar-refractivity contribution is 0.446. The minimum atomic E-state index is 0.136. The number of fused-ring (bicyclic) bond motifs is 3. The zero-order chi connectivity index (χ0) is 28.1. The van der Waals surface area contributed by atoms with E-state index >= 15 is 0 Å².